The Morgan fingerprint density at radius 1 is 1.26 bits per heavy atom. The molecular weight excluding hydrogens is 295 g/mol. The Hall–Kier alpha value is -1.46. The van der Waals surface area contributed by atoms with Crippen molar-refractivity contribution < 1.29 is 13.9 Å². The average molecular weight is 318 g/mol. The first kappa shape index (κ1) is 15.1. The summed E-state index contributed by atoms with van der Waals surface area (Å²) in [5, 5.41) is 0. The largest absolute Gasteiger partial charge is 0.378 e. The second-order valence-corrected chi connectivity index (χ2v) is 7.07. The summed E-state index contributed by atoms with van der Waals surface area (Å²) < 4.78 is 19.9. The van der Waals surface area contributed by atoms with Crippen molar-refractivity contribution in [2.45, 2.75) is 31.8 Å². The molecule has 124 valence electrons. The van der Waals surface area contributed by atoms with Crippen LogP contribution in [0, 0.1) is 18.7 Å². The van der Waals surface area contributed by atoms with Gasteiger partial charge in [-0.2, -0.15) is 0 Å². The van der Waals surface area contributed by atoms with Gasteiger partial charge in [0.15, 0.2) is 0 Å². The summed E-state index contributed by atoms with van der Waals surface area (Å²) in [4.78, 5) is 17.0. The molecule has 1 aromatic carbocycles. The number of rotatable bonds is 2. The molecule has 5 heteroatoms. The number of hydrogen-bond donors (Lipinski definition) is 0. The quantitative estimate of drug-likeness (QED) is 0.837. The first-order valence-corrected chi connectivity index (χ1v) is 8.52. The molecule has 0 spiro atoms. The summed E-state index contributed by atoms with van der Waals surface area (Å²) >= 11 is 0. The molecule has 0 bridgehead atoms. The number of fused-ring (bicyclic) bond motifs is 1. The minimum atomic E-state index is -0.423. The number of carbonyl (C=O) groups excluding carboxylic acids is 1. The second-order valence-electron chi connectivity index (χ2n) is 7.07. The molecule has 2 saturated heterocycles. The average Bonchev–Trinajstić information content (AvgIpc) is 3.38. The number of carbonyl (C=O) groups is 1. The summed E-state index contributed by atoms with van der Waals surface area (Å²) in [6.07, 6.45) is 2.60. The number of ether oxygens (including phenoxy) is 1. The monoisotopic (exact) mass is 318 g/mol. The highest BCUT2D eigenvalue weighted by molar-refractivity contribution is 5.94. The van der Waals surface area contributed by atoms with E-state index in [9.17, 15) is 9.18 Å². The van der Waals surface area contributed by atoms with E-state index in [2.05, 4.69) is 4.90 Å². The number of piperazine rings is 1. The number of halogens is 1. The molecule has 1 saturated carbocycles. The van der Waals surface area contributed by atoms with Gasteiger partial charge in [-0.15, -0.1) is 0 Å². The van der Waals surface area contributed by atoms with Crippen molar-refractivity contribution in [2.75, 3.05) is 32.8 Å². The van der Waals surface area contributed by atoms with Crippen molar-refractivity contribution in [1.82, 2.24) is 9.80 Å². The van der Waals surface area contributed by atoms with E-state index >= 15 is 0 Å². The van der Waals surface area contributed by atoms with Crippen LogP contribution in [-0.2, 0) is 4.74 Å². The van der Waals surface area contributed by atoms with E-state index < -0.39 is 5.82 Å². The molecule has 1 aromatic rings. The van der Waals surface area contributed by atoms with E-state index in [1.807, 2.05) is 6.92 Å². The molecule has 2 aliphatic heterocycles. The fourth-order valence-corrected chi connectivity index (χ4v) is 3.91. The zero-order valence-corrected chi connectivity index (χ0v) is 13.5. The Morgan fingerprint density at radius 2 is 2.09 bits per heavy atom. The lowest BCUT2D eigenvalue weighted by molar-refractivity contribution is -0.0816. The van der Waals surface area contributed by atoms with Crippen LogP contribution < -0.4 is 0 Å². The number of aryl methyl sites for hydroxylation is 1. The van der Waals surface area contributed by atoms with Crippen LogP contribution in [0.15, 0.2) is 18.2 Å². The molecule has 4 nitrogen and oxygen atoms in total. The predicted molar refractivity (Wildman–Crippen MR) is 84.9 cm³/mol. The highest BCUT2D eigenvalue weighted by Crippen LogP contribution is 2.38. The van der Waals surface area contributed by atoms with Gasteiger partial charge in [0, 0.05) is 25.7 Å². The molecule has 3 aliphatic rings. The number of nitrogens with zero attached hydrogens (tertiary/aromatic N) is 2. The van der Waals surface area contributed by atoms with Gasteiger partial charge in [0.25, 0.3) is 5.91 Å². The predicted octanol–water partition coefficient (Wildman–Crippen LogP) is 2.07. The van der Waals surface area contributed by atoms with Crippen molar-refractivity contribution >= 4 is 5.91 Å². The van der Waals surface area contributed by atoms with Gasteiger partial charge in [-0.3, -0.25) is 9.69 Å². The van der Waals surface area contributed by atoms with Crippen LogP contribution in [0.1, 0.15) is 28.8 Å². The van der Waals surface area contributed by atoms with E-state index in [1.54, 1.807) is 17.0 Å². The van der Waals surface area contributed by atoms with Crippen molar-refractivity contribution in [2.24, 2.45) is 5.92 Å². The summed E-state index contributed by atoms with van der Waals surface area (Å²) in [6, 6.07) is 5.59. The van der Waals surface area contributed by atoms with Crippen molar-refractivity contribution in [1.29, 1.82) is 0 Å². The van der Waals surface area contributed by atoms with Gasteiger partial charge in [0.05, 0.1) is 24.8 Å². The van der Waals surface area contributed by atoms with Gasteiger partial charge < -0.3 is 9.64 Å². The normalized spacial score (nSPS) is 28.5. The summed E-state index contributed by atoms with van der Waals surface area (Å²) in [5.74, 6) is 0.151. The van der Waals surface area contributed by atoms with E-state index in [0.717, 1.165) is 24.6 Å². The van der Waals surface area contributed by atoms with Gasteiger partial charge >= 0.3 is 0 Å². The van der Waals surface area contributed by atoms with Crippen LogP contribution >= 0.6 is 0 Å². The molecule has 0 N–H and O–H groups in total. The van der Waals surface area contributed by atoms with Crippen molar-refractivity contribution in [3.63, 3.8) is 0 Å². The second kappa shape index (κ2) is 5.87. The van der Waals surface area contributed by atoms with Crippen LogP contribution in [0.2, 0.25) is 0 Å². The Balaban J connectivity index is 1.48. The third-order valence-electron chi connectivity index (χ3n) is 5.36. The lowest BCUT2D eigenvalue weighted by Crippen LogP contribution is -2.63. The minimum Gasteiger partial charge on any atom is -0.378 e. The maximum Gasteiger partial charge on any atom is 0.256 e. The molecule has 1 aliphatic carbocycles. The minimum absolute atomic E-state index is 0.180. The summed E-state index contributed by atoms with van der Waals surface area (Å²) in [7, 11) is 0. The first-order chi connectivity index (χ1) is 11.1. The number of hydrogen-bond acceptors (Lipinski definition) is 3. The van der Waals surface area contributed by atoms with Crippen molar-refractivity contribution in [3.05, 3.63) is 35.1 Å². The van der Waals surface area contributed by atoms with Crippen LogP contribution in [0.3, 0.4) is 0 Å². The molecule has 0 aromatic heterocycles. The molecule has 1 amide bonds. The van der Waals surface area contributed by atoms with Crippen LogP contribution in [-0.4, -0.2) is 60.6 Å². The topological polar surface area (TPSA) is 32.8 Å². The molecule has 4 rings (SSSR count). The Morgan fingerprint density at radius 3 is 2.83 bits per heavy atom. The first-order valence-electron chi connectivity index (χ1n) is 8.52. The van der Waals surface area contributed by atoms with Gasteiger partial charge in [-0.05, 0) is 43.4 Å². The standard InChI is InChI=1S/C18H23FN2O2/c1-12-2-5-15(16(19)8-12)18(22)20-6-7-21-14(9-20)10-23-11-17(21)13-3-4-13/h2,5,8,13-14,17H,3-4,6-7,9-11H2,1H3/t14-,17-/m1/s1. The zero-order valence-electron chi connectivity index (χ0n) is 13.5. The highest BCUT2D eigenvalue weighted by Gasteiger charge is 2.43. The third-order valence-corrected chi connectivity index (χ3v) is 5.36. The fraction of sp³-hybridized carbons (Fsp3) is 0.611. The molecule has 0 unspecified atom stereocenters. The third kappa shape index (κ3) is 2.88. The van der Waals surface area contributed by atoms with Crippen LogP contribution in [0.5, 0.6) is 0 Å². The Labute approximate surface area is 136 Å². The highest BCUT2D eigenvalue weighted by atomic mass is 19.1. The number of amides is 1. The zero-order chi connectivity index (χ0) is 16.0. The lowest BCUT2D eigenvalue weighted by atomic mass is 10.0. The van der Waals surface area contributed by atoms with E-state index in [1.165, 1.54) is 18.9 Å². The van der Waals surface area contributed by atoms with Gasteiger partial charge in [0.1, 0.15) is 5.82 Å². The van der Waals surface area contributed by atoms with Crippen LogP contribution in [0.25, 0.3) is 0 Å². The molecular formula is C18H23FN2O2. The molecule has 3 fully saturated rings. The maximum absolute atomic E-state index is 14.1. The number of morpholine rings is 1. The lowest BCUT2D eigenvalue weighted by Gasteiger charge is -2.48. The van der Waals surface area contributed by atoms with E-state index in [0.29, 0.717) is 25.7 Å². The van der Waals surface area contributed by atoms with Gasteiger partial charge in [-0.25, -0.2) is 4.39 Å². The van der Waals surface area contributed by atoms with E-state index in [-0.39, 0.29) is 17.5 Å². The van der Waals surface area contributed by atoms with E-state index in [4.69, 9.17) is 4.74 Å². The Bertz CT molecular complexity index is 617. The summed E-state index contributed by atoms with van der Waals surface area (Å²) in [6.45, 7) is 5.49. The number of benzene rings is 1. The van der Waals surface area contributed by atoms with Gasteiger partial charge in [0.2, 0.25) is 0 Å². The summed E-state index contributed by atoms with van der Waals surface area (Å²) in [5.41, 5.74) is 1.01. The van der Waals surface area contributed by atoms with Crippen LogP contribution in [0.4, 0.5) is 4.39 Å². The van der Waals surface area contributed by atoms with Gasteiger partial charge in [-0.1, -0.05) is 6.07 Å². The Kier molecular flexibility index (Phi) is 3.85. The van der Waals surface area contributed by atoms with Crippen molar-refractivity contribution in [3.8, 4) is 0 Å². The smallest absolute Gasteiger partial charge is 0.256 e. The molecule has 0 radical (unpaired) electrons. The fourth-order valence-electron chi connectivity index (χ4n) is 3.91. The SMILES string of the molecule is Cc1ccc(C(=O)N2CCN3[C@@H](COC[C@@H]3C3CC3)C2)c(F)c1. The molecule has 2 atom stereocenters. The molecule has 2 heterocycles. The molecule has 23 heavy (non-hydrogen) atoms. The maximum atomic E-state index is 14.1.